The van der Waals surface area contributed by atoms with E-state index in [1.165, 1.54) is 14.2 Å². The van der Waals surface area contributed by atoms with Crippen LogP contribution in [0.1, 0.15) is 38.5 Å². The lowest BCUT2D eigenvalue weighted by Crippen LogP contribution is -2.48. The number of nitrogens with zero attached hydrogens (tertiary/aromatic N) is 1. The van der Waals surface area contributed by atoms with Crippen molar-refractivity contribution in [3.05, 3.63) is 18.2 Å². The highest BCUT2D eigenvalue weighted by atomic mass is 16.5. The molecule has 1 aromatic carbocycles. The third-order valence-corrected chi connectivity index (χ3v) is 5.85. The number of methoxy groups -OCH3 is 2. The molecule has 1 aromatic rings. The molecule has 1 aliphatic heterocycles. The first-order chi connectivity index (χ1) is 15.4. The third-order valence-electron chi connectivity index (χ3n) is 5.85. The first-order valence-corrected chi connectivity index (χ1v) is 10.8. The Balaban J connectivity index is 1.42. The lowest BCUT2D eigenvalue weighted by Gasteiger charge is -2.30. The topological polar surface area (TPSA) is 126 Å². The van der Waals surface area contributed by atoms with Crippen molar-refractivity contribution in [2.45, 2.75) is 50.2 Å². The van der Waals surface area contributed by atoms with Crippen LogP contribution in [0.5, 0.6) is 17.2 Å². The van der Waals surface area contributed by atoms with E-state index in [4.69, 9.17) is 14.2 Å². The fourth-order valence-corrected chi connectivity index (χ4v) is 4.10. The summed E-state index contributed by atoms with van der Waals surface area (Å²) in [6.07, 6.45) is 3.14. The molecule has 32 heavy (non-hydrogen) atoms. The number of hydrogen-bond donors (Lipinski definition) is 3. The number of carbonyl (C=O) groups is 3. The fraction of sp³-hybridized carbons (Fsp3) is 0.591. The van der Waals surface area contributed by atoms with Crippen LogP contribution in [0, 0.1) is 0 Å². The highest BCUT2D eigenvalue weighted by molar-refractivity contribution is 6.07. The molecule has 1 saturated carbocycles. The number of ether oxygens (including phenoxy) is 3. The molecule has 10 heteroatoms. The molecule has 1 atom stereocenters. The molecule has 2 aliphatic rings. The van der Waals surface area contributed by atoms with Gasteiger partial charge in [-0.3, -0.25) is 14.5 Å². The van der Waals surface area contributed by atoms with Crippen molar-refractivity contribution < 1.29 is 33.7 Å². The quantitative estimate of drug-likeness (QED) is 0.458. The summed E-state index contributed by atoms with van der Waals surface area (Å²) in [6, 6.07) is 4.73. The number of aliphatic hydroxyl groups is 1. The monoisotopic (exact) mass is 449 g/mol. The summed E-state index contributed by atoms with van der Waals surface area (Å²) in [5, 5.41) is 15.6. The molecule has 4 amide bonds. The lowest BCUT2D eigenvalue weighted by atomic mass is 9.82. The molecule has 3 N–H and O–H groups in total. The Labute approximate surface area is 187 Å². The number of nitrogens with one attached hydrogen (secondary N) is 2. The summed E-state index contributed by atoms with van der Waals surface area (Å²) in [6.45, 7) is -0.129. The summed E-state index contributed by atoms with van der Waals surface area (Å²) in [5.74, 6) is 0.672. The molecule has 3 rings (SSSR count). The SMILES string of the molecule is COc1cccc(OC)c1OCC(O)CNC(=O)CCN1C(=O)NC2(CCCCC2)C1=O. The third kappa shape index (κ3) is 5.24. The van der Waals surface area contributed by atoms with E-state index in [0.29, 0.717) is 30.1 Å². The van der Waals surface area contributed by atoms with Crippen LogP contribution in [-0.4, -0.2) is 73.4 Å². The standard InChI is InChI=1S/C22H31N3O7/c1-30-16-7-6-8-17(31-2)19(16)32-14-15(26)13-23-18(27)9-12-25-20(28)22(24-21(25)29)10-4-3-5-11-22/h6-8,15,26H,3-5,9-14H2,1-2H3,(H,23,27)(H,24,29). The van der Waals surface area contributed by atoms with Crippen LogP contribution in [0.4, 0.5) is 4.79 Å². The number of imide groups is 1. The molecule has 10 nitrogen and oxygen atoms in total. The summed E-state index contributed by atoms with van der Waals surface area (Å²) in [5.41, 5.74) is -0.793. The molecule has 0 aromatic heterocycles. The normalized spacial score (nSPS) is 18.3. The van der Waals surface area contributed by atoms with Crippen molar-refractivity contribution in [1.29, 1.82) is 0 Å². The van der Waals surface area contributed by atoms with Crippen molar-refractivity contribution in [1.82, 2.24) is 15.5 Å². The van der Waals surface area contributed by atoms with Gasteiger partial charge in [0.2, 0.25) is 11.7 Å². The van der Waals surface area contributed by atoms with Gasteiger partial charge >= 0.3 is 6.03 Å². The molecule has 176 valence electrons. The second-order valence-electron chi connectivity index (χ2n) is 8.04. The number of aliphatic hydroxyl groups excluding tert-OH is 1. The predicted octanol–water partition coefficient (Wildman–Crippen LogP) is 1.20. The van der Waals surface area contributed by atoms with Gasteiger partial charge < -0.3 is 30.0 Å². The summed E-state index contributed by atoms with van der Waals surface area (Å²) >= 11 is 0. The summed E-state index contributed by atoms with van der Waals surface area (Å²) in [7, 11) is 3.00. The van der Waals surface area contributed by atoms with Crippen LogP contribution in [0.15, 0.2) is 18.2 Å². The second-order valence-corrected chi connectivity index (χ2v) is 8.04. The maximum absolute atomic E-state index is 12.7. The smallest absolute Gasteiger partial charge is 0.325 e. The molecule has 1 aliphatic carbocycles. The zero-order chi connectivity index (χ0) is 23.1. The van der Waals surface area contributed by atoms with E-state index >= 15 is 0 Å². The molecule has 2 fully saturated rings. The average Bonchev–Trinajstić information content (AvgIpc) is 3.03. The summed E-state index contributed by atoms with van der Waals surface area (Å²) in [4.78, 5) is 38.3. The van der Waals surface area contributed by atoms with Crippen molar-refractivity contribution >= 4 is 17.8 Å². The maximum atomic E-state index is 12.7. The Hall–Kier alpha value is -3.01. The number of rotatable bonds is 10. The zero-order valence-corrected chi connectivity index (χ0v) is 18.5. The Morgan fingerprint density at radius 1 is 1.19 bits per heavy atom. The minimum absolute atomic E-state index is 0.00323. The van der Waals surface area contributed by atoms with Crippen LogP contribution in [0.25, 0.3) is 0 Å². The van der Waals surface area contributed by atoms with E-state index in [-0.39, 0.29) is 37.9 Å². The van der Waals surface area contributed by atoms with Gasteiger partial charge in [0.05, 0.1) is 14.2 Å². The van der Waals surface area contributed by atoms with E-state index in [2.05, 4.69) is 10.6 Å². The molecule has 1 spiro atoms. The number of amides is 4. The predicted molar refractivity (Wildman–Crippen MR) is 115 cm³/mol. The number of benzene rings is 1. The van der Waals surface area contributed by atoms with Gasteiger partial charge in [0.1, 0.15) is 18.2 Å². The van der Waals surface area contributed by atoms with E-state index in [1.54, 1.807) is 18.2 Å². The van der Waals surface area contributed by atoms with Crippen molar-refractivity contribution in [3.8, 4) is 17.2 Å². The average molecular weight is 450 g/mol. The van der Waals surface area contributed by atoms with E-state index in [0.717, 1.165) is 24.2 Å². The first-order valence-electron chi connectivity index (χ1n) is 10.8. The van der Waals surface area contributed by atoms with Gasteiger partial charge in [0, 0.05) is 19.5 Å². The fourth-order valence-electron chi connectivity index (χ4n) is 4.10. The van der Waals surface area contributed by atoms with Gasteiger partial charge in [0.15, 0.2) is 11.5 Å². The van der Waals surface area contributed by atoms with Crippen LogP contribution in [-0.2, 0) is 9.59 Å². The van der Waals surface area contributed by atoms with E-state index in [1.807, 2.05) is 0 Å². The maximum Gasteiger partial charge on any atom is 0.325 e. The van der Waals surface area contributed by atoms with Crippen molar-refractivity contribution in [2.24, 2.45) is 0 Å². The van der Waals surface area contributed by atoms with Gasteiger partial charge in [-0.1, -0.05) is 25.3 Å². The van der Waals surface area contributed by atoms with E-state index in [9.17, 15) is 19.5 Å². The number of carbonyl (C=O) groups excluding carboxylic acids is 3. The minimum Gasteiger partial charge on any atom is -0.493 e. The Morgan fingerprint density at radius 3 is 2.47 bits per heavy atom. The van der Waals surface area contributed by atoms with Crippen molar-refractivity contribution in [3.63, 3.8) is 0 Å². The van der Waals surface area contributed by atoms with Gasteiger partial charge in [0.25, 0.3) is 5.91 Å². The second kappa shape index (κ2) is 10.5. The van der Waals surface area contributed by atoms with Gasteiger partial charge in [-0.05, 0) is 25.0 Å². The molecular weight excluding hydrogens is 418 g/mol. The Kier molecular flexibility index (Phi) is 7.79. The highest BCUT2D eigenvalue weighted by Gasteiger charge is 2.51. The largest absolute Gasteiger partial charge is 0.493 e. The van der Waals surface area contributed by atoms with Crippen LogP contribution >= 0.6 is 0 Å². The van der Waals surface area contributed by atoms with Crippen LogP contribution in [0.3, 0.4) is 0 Å². The molecule has 1 heterocycles. The van der Waals surface area contributed by atoms with Gasteiger partial charge in [-0.2, -0.15) is 0 Å². The number of hydrogen-bond acceptors (Lipinski definition) is 7. The first kappa shape index (κ1) is 23.6. The van der Waals surface area contributed by atoms with Crippen LogP contribution in [0.2, 0.25) is 0 Å². The molecular formula is C22H31N3O7. The highest BCUT2D eigenvalue weighted by Crippen LogP contribution is 2.37. The van der Waals surface area contributed by atoms with E-state index < -0.39 is 17.7 Å². The van der Waals surface area contributed by atoms with Gasteiger partial charge in [-0.15, -0.1) is 0 Å². The molecule has 0 bridgehead atoms. The number of urea groups is 1. The van der Waals surface area contributed by atoms with Crippen LogP contribution < -0.4 is 24.8 Å². The number of para-hydroxylation sites is 1. The Bertz CT molecular complexity index is 817. The minimum atomic E-state index is -0.976. The van der Waals surface area contributed by atoms with Gasteiger partial charge in [-0.25, -0.2) is 4.79 Å². The molecule has 1 saturated heterocycles. The molecule has 1 unspecified atom stereocenters. The molecule has 0 radical (unpaired) electrons. The zero-order valence-electron chi connectivity index (χ0n) is 18.5. The Morgan fingerprint density at radius 2 is 1.84 bits per heavy atom. The summed E-state index contributed by atoms with van der Waals surface area (Å²) < 4.78 is 16.1. The lowest BCUT2D eigenvalue weighted by molar-refractivity contribution is -0.132. The van der Waals surface area contributed by atoms with Crippen molar-refractivity contribution in [2.75, 3.05) is 33.9 Å².